The van der Waals surface area contributed by atoms with E-state index >= 15 is 0 Å². The van der Waals surface area contributed by atoms with E-state index in [-0.39, 0.29) is 17.7 Å². The number of carbonyl (C=O) groups excluding carboxylic acids is 3. The lowest BCUT2D eigenvalue weighted by atomic mass is 10.1. The molecular weight excluding hydrogens is 294 g/mol. The first-order valence-electron chi connectivity index (χ1n) is 7.99. The summed E-state index contributed by atoms with van der Waals surface area (Å²) < 4.78 is 0. The van der Waals surface area contributed by atoms with E-state index in [1.54, 1.807) is 30.0 Å². The van der Waals surface area contributed by atoms with E-state index < -0.39 is 6.04 Å². The van der Waals surface area contributed by atoms with Crippen LogP contribution >= 0.6 is 0 Å². The molecule has 1 aromatic rings. The fraction of sp³-hybridized carbons (Fsp3) is 0.471. The minimum Gasteiger partial charge on any atom is -0.340 e. The van der Waals surface area contributed by atoms with Crippen molar-refractivity contribution in [2.75, 3.05) is 26.2 Å². The summed E-state index contributed by atoms with van der Waals surface area (Å²) in [5, 5.41) is 3.24. The third-order valence-corrected chi connectivity index (χ3v) is 4.47. The van der Waals surface area contributed by atoms with Crippen LogP contribution in [0.1, 0.15) is 39.6 Å². The zero-order chi connectivity index (χ0) is 16.6. The molecule has 2 aliphatic rings. The summed E-state index contributed by atoms with van der Waals surface area (Å²) in [7, 11) is 0. The van der Waals surface area contributed by atoms with Crippen molar-refractivity contribution in [1.29, 1.82) is 0 Å². The van der Waals surface area contributed by atoms with Gasteiger partial charge in [-0.2, -0.15) is 0 Å². The zero-order valence-corrected chi connectivity index (χ0v) is 13.5. The minimum atomic E-state index is -0.777. The molecule has 0 spiro atoms. The summed E-state index contributed by atoms with van der Waals surface area (Å²) in [6, 6.07) is 4.40. The number of benzene rings is 1. The Kier molecular flexibility index (Phi) is 4.17. The van der Waals surface area contributed by atoms with E-state index in [9.17, 15) is 14.4 Å². The van der Waals surface area contributed by atoms with Crippen molar-refractivity contribution in [2.45, 2.75) is 26.3 Å². The predicted molar refractivity (Wildman–Crippen MR) is 85.2 cm³/mol. The van der Waals surface area contributed by atoms with Crippen molar-refractivity contribution in [3.05, 3.63) is 34.9 Å². The number of nitrogens with zero attached hydrogens (tertiary/aromatic N) is 2. The third-order valence-electron chi connectivity index (χ3n) is 4.47. The van der Waals surface area contributed by atoms with Crippen molar-refractivity contribution in [2.24, 2.45) is 0 Å². The van der Waals surface area contributed by atoms with Crippen LogP contribution in [0, 0.1) is 6.92 Å². The van der Waals surface area contributed by atoms with Gasteiger partial charge in [-0.05, 0) is 38.9 Å². The summed E-state index contributed by atoms with van der Waals surface area (Å²) in [5.41, 5.74) is 1.70. The molecule has 6 heteroatoms. The molecule has 1 N–H and O–H groups in total. The number of imide groups is 1. The van der Waals surface area contributed by atoms with E-state index in [4.69, 9.17) is 0 Å². The van der Waals surface area contributed by atoms with Crippen molar-refractivity contribution >= 4 is 17.7 Å². The number of hydrogen-bond acceptors (Lipinski definition) is 4. The van der Waals surface area contributed by atoms with E-state index in [0.29, 0.717) is 24.2 Å². The fourth-order valence-corrected chi connectivity index (χ4v) is 3.17. The highest BCUT2D eigenvalue weighted by Gasteiger charge is 2.41. The van der Waals surface area contributed by atoms with Crippen LogP contribution in [0.5, 0.6) is 0 Å². The molecule has 122 valence electrons. The number of amides is 3. The summed E-state index contributed by atoms with van der Waals surface area (Å²) >= 11 is 0. The Morgan fingerprint density at radius 2 is 1.87 bits per heavy atom. The number of aryl methyl sites for hydroxylation is 1. The highest BCUT2D eigenvalue weighted by Crippen LogP contribution is 2.26. The first-order chi connectivity index (χ1) is 11.0. The van der Waals surface area contributed by atoms with Crippen LogP contribution < -0.4 is 5.32 Å². The first-order valence-corrected chi connectivity index (χ1v) is 7.99. The van der Waals surface area contributed by atoms with E-state index in [0.717, 1.165) is 30.0 Å². The van der Waals surface area contributed by atoms with Gasteiger partial charge in [0.15, 0.2) is 0 Å². The van der Waals surface area contributed by atoms with Gasteiger partial charge in [0, 0.05) is 19.6 Å². The first kappa shape index (κ1) is 15.7. The van der Waals surface area contributed by atoms with Gasteiger partial charge in [0.2, 0.25) is 5.91 Å². The molecule has 0 aromatic heterocycles. The number of fused-ring (bicyclic) bond motifs is 1. The van der Waals surface area contributed by atoms with Crippen molar-refractivity contribution in [1.82, 2.24) is 15.1 Å². The molecule has 2 aliphatic heterocycles. The molecule has 1 aromatic carbocycles. The molecule has 3 amide bonds. The second-order valence-corrected chi connectivity index (χ2v) is 6.13. The SMILES string of the molecule is Cc1ccc2c(c1)C(=O)N(C(C)C(=O)N1CCCNCC1)C2=O. The Bertz CT molecular complexity index is 663. The molecule has 23 heavy (non-hydrogen) atoms. The van der Waals surface area contributed by atoms with Crippen molar-refractivity contribution in [3.63, 3.8) is 0 Å². The maximum atomic E-state index is 12.7. The normalized spacial score (nSPS) is 19.6. The Morgan fingerprint density at radius 3 is 2.65 bits per heavy atom. The van der Waals surface area contributed by atoms with E-state index in [1.165, 1.54) is 0 Å². The van der Waals surface area contributed by atoms with Gasteiger partial charge in [0.1, 0.15) is 6.04 Å². The summed E-state index contributed by atoms with van der Waals surface area (Å²) in [6.45, 7) is 6.38. The van der Waals surface area contributed by atoms with Crippen LogP contribution in [-0.2, 0) is 4.79 Å². The van der Waals surface area contributed by atoms with Gasteiger partial charge in [-0.1, -0.05) is 11.6 Å². The molecule has 2 heterocycles. The average molecular weight is 315 g/mol. The van der Waals surface area contributed by atoms with Crippen LogP contribution in [-0.4, -0.2) is 59.7 Å². The van der Waals surface area contributed by atoms with Gasteiger partial charge in [-0.25, -0.2) is 0 Å². The molecule has 0 aliphatic carbocycles. The maximum Gasteiger partial charge on any atom is 0.262 e. The van der Waals surface area contributed by atoms with Crippen LogP contribution in [0.4, 0.5) is 0 Å². The summed E-state index contributed by atoms with van der Waals surface area (Å²) in [4.78, 5) is 40.7. The molecule has 0 radical (unpaired) electrons. The van der Waals surface area contributed by atoms with Crippen LogP contribution in [0.15, 0.2) is 18.2 Å². The Morgan fingerprint density at radius 1 is 1.13 bits per heavy atom. The van der Waals surface area contributed by atoms with Crippen molar-refractivity contribution in [3.8, 4) is 0 Å². The summed E-state index contributed by atoms with van der Waals surface area (Å²) in [5.74, 6) is -0.916. The molecule has 3 rings (SSSR count). The van der Waals surface area contributed by atoms with Crippen LogP contribution in [0.3, 0.4) is 0 Å². The highest BCUT2D eigenvalue weighted by molar-refractivity contribution is 6.22. The number of rotatable bonds is 2. The molecule has 6 nitrogen and oxygen atoms in total. The lowest BCUT2D eigenvalue weighted by Gasteiger charge is -2.28. The molecule has 0 bridgehead atoms. The van der Waals surface area contributed by atoms with E-state index in [2.05, 4.69) is 5.32 Å². The lowest BCUT2D eigenvalue weighted by Crippen LogP contribution is -2.50. The van der Waals surface area contributed by atoms with E-state index in [1.807, 2.05) is 6.92 Å². The Balaban J connectivity index is 1.83. The number of hydrogen-bond donors (Lipinski definition) is 1. The lowest BCUT2D eigenvalue weighted by molar-refractivity contribution is -0.134. The molecule has 0 saturated carbocycles. The monoisotopic (exact) mass is 315 g/mol. The summed E-state index contributed by atoms with van der Waals surface area (Å²) in [6.07, 6.45) is 0.875. The van der Waals surface area contributed by atoms with Crippen LogP contribution in [0.2, 0.25) is 0 Å². The zero-order valence-electron chi connectivity index (χ0n) is 13.5. The molecule has 1 saturated heterocycles. The number of nitrogens with one attached hydrogen (secondary N) is 1. The molecular formula is C17H21N3O3. The Hall–Kier alpha value is -2.21. The quantitative estimate of drug-likeness (QED) is 0.820. The smallest absolute Gasteiger partial charge is 0.262 e. The third kappa shape index (κ3) is 2.74. The minimum absolute atomic E-state index is 0.167. The van der Waals surface area contributed by atoms with Gasteiger partial charge in [-0.3, -0.25) is 19.3 Å². The largest absolute Gasteiger partial charge is 0.340 e. The second kappa shape index (κ2) is 6.12. The second-order valence-electron chi connectivity index (χ2n) is 6.13. The molecule has 1 unspecified atom stereocenters. The topological polar surface area (TPSA) is 69.7 Å². The van der Waals surface area contributed by atoms with Gasteiger partial charge in [-0.15, -0.1) is 0 Å². The predicted octanol–water partition coefficient (Wildman–Crippen LogP) is 0.801. The fourth-order valence-electron chi connectivity index (χ4n) is 3.17. The van der Waals surface area contributed by atoms with Gasteiger partial charge < -0.3 is 10.2 Å². The van der Waals surface area contributed by atoms with Crippen molar-refractivity contribution < 1.29 is 14.4 Å². The number of carbonyl (C=O) groups is 3. The standard InChI is InChI=1S/C17H21N3O3/c1-11-4-5-13-14(10-11)17(23)20(16(13)22)12(2)15(21)19-8-3-6-18-7-9-19/h4-5,10,12,18H,3,6-9H2,1-2H3. The average Bonchev–Trinajstić information content (AvgIpc) is 2.74. The Labute approximate surface area is 135 Å². The van der Waals surface area contributed by atoms with Gasteiger partial charge in [0.25, 0.3) is 11.8 Å². The molecule has 1 fully saturated rings. The van der Waals surface area contributed by atoms with Crippen LogP contribution in [0.25, 0.3) is 0 Å². The highest BCUT2D eigenvalue weighted by atomic mass is 16.2. The maximum absolute atomic E-state index is 12.7. The van der Waals surface area contributed by atoms with Gasteiger partial charge >= 0.3 is 0 Å². The van der Waals surface area contributed by atoms with Gasteiger partial charge in [0.05, 0.1) is 11.1 Å². The molecule has 1 atom stereocenters.